The van der Waals surface area contributed by atoms with E-state index < -0.39 is 10.0 Å². The van der Waals surface area contributed by atoms with Gasteiger partial charge >= 0.3 is 0 Å². The van der Waals surface area contributed by atoms with E-state index in [2.05, 4.69) is 0 Å². The number of nitrogens with zero attached hydrogens (tertiary/aromatic N) is 2. The van der Waals surface area contributed by atoms with Crippen LogP contribution in [0, 0.1) is 11.3 Å². The lowest BCUT2D eigenvalue weighted by atomic mass is 10.1. The van der Waals surface area contributed by atoms with Gasteiger partial charge in [-0.1, -0.05) is 0 Å². The molecule has 2 rings (SSSR count). The van der Waals surface area contributed by atoms with Gasteiger partial charge in [-0.05, 0) is 37.1 Å². The van der Waals surface area contributed by atoms with Crippen molar-refractivity contribution in [2.24, 2.45) is 5.73 Å². The van der Waals surface area contributed by atoms with Crippen LogP contribution in [0.15, 0.2) is 29.2 Å². The maximum atomic E-state index is 12.3. The highest BCUT2D eigenvalue weighted by atomic mass is 32.2. The summed E-state index contributed by atoms with van der Waals surface area (Å²) in [7, 11) is -3.44. The van der Waals surface area contributed by atoms with Gasteiger partial charge in [0.15, 0.2) is 0 Å². The van der Waals surface area contributed by atoms with Crippen molar-refractivity contribution in [3.63, 3.8) is 0 Å². The fourth-order valence-electron chi connectivity index (χ4n) is 1.97. The van der Waals surface area contributed by atoms with Crippen molar-refractivity contribution >= 4 is 10.0 Å². The Kier molecular flexibility index (Phi) is 3.66. The third kappa shape index (κ3) is 2.53. The van der Waals surface area contributed by atoms with Crippen LogP contribution in [0.3, 0.4) is 0 Å². The van der Waals surface area contributed by atoms with E-state index in [0.29, 0.717) is 31.5 Å². The fourth-order valence-corrected chi connectivity index (χ4v) is 3.44. The van der Waals surface area contributed by atoms with Crippen molar-refractivity contribution in [3.8, 4) is 6.07 Å². The molecule has 0 bridgehead atoms. The monoisotopic (exact) mass is 265 g/mol. The molecule has 6 heteroatoms. The predicted octanol–water partition coefficient (Wildman–Crippen LogP) is 0.670. The number of sulfonamides is 1. The largest absolute Gasteiger partial charge is 0.328 e. The Morgan fingerprint density at radius 1 is 1.22 bits per heavy atom. The van der Waals surface area contributed by atoms with E-state index in [1.165, 1.54) is 28.6 Å². The molecule has 1 aromatic rings. The van der Waals surface area contributed by atoms with Crippen molar-refractivity contribution in [1.29, 1.82) is 5.26 Å². The van der Waals surface area contributed by atoms with E-state index in [9.17, 15) is 8.42 Å². The fraction of sp³-hybridized carbons (Fsp3) is 0.417. The van der Waals surface area contributed by atoms with Gasteiger partial charge in [-0.15, -0.1) is 0 Å². The molecular weight excluding hydrogens is 250 g/mol. The summed E-state index contributed by atoms with van der Waals surface area (Å²) in [6.45, 7) is 0.924. The van der Waals surface area contributed by atoms with E-state index in [1.807, 2.05) is 6.07 Å². The SMILES string of the molecule is N#Cc1ccc(S(=O)(=O)N2CCC(N)CC2)cc1. The molecule has 0 aromatic heterocycles. The molecule has 1 aliphatic heterocycles. The molecule has 5 nitrogen and oxygen atoms in total. The number of hydrogen-bond donors (Lipinski definition) is 1. The first-order valence-electron chi connectivity index (χ1n) is 5.80. The normalized spacial score (nSPS) is 18.4. The quantitative estimate of drug-likeness (QED) is 0.851. The highest BCUT2D eigenvalue weighted by molar-refractivity contribution is 7.89. The summed E-state index contributed by atoms with van der Waals surface area (Å²) >= 11 is 0. The number of nitrogens with two attached hydrogens (primary N) is 1. The van der Waals surface area contributed by atoms with Gasteiger partial charge in [0.1, 0.15) is 0 Å². The lowest BCUT2D eigenvalue weighted by molar-refractivity contribution is 0.320. The van der Waals surface area contributed by atoms with Gasteiger partial charge in [0, 0.05) is 19.1 Å². The van der Waals surface area contributed by atoms with Crippen molar-refractivity contribution in [3.05, 3.63) is 29.8 Å². The molecule has 0 amide bonds. The van der Waals surface area contributed by atoms with Gasteiger partial charge in [0.2, 0.25) is 10.0 Å². The van der Waals surface area contributed by atoms with Crippen LogP contribution in [0.25, 0.3) is 0 Å². The minimum Gasteiger partial charge on any atom is -0.328 e. The van der Waals surface area contributed by atoms with Gasteiger partial charge in [-0.2, -0.15) is 9.57 Å². The van der Waals surface area contributed by atoms with Gasteiger partial charge < -0.3 is 5.73 Å². The molecule has 1 aromatic carbocycles. The molecule has 1 fully saturated rings. The van der Waals surface area contributed by atoms with Crippen LogP contribution in [0.2, 0.25) is 0 Å². The molecule has 1 saturated heterocycles. The van der Waals surface area contributed by atoms with Crippen molar-refractivity contribution in [1.82, 2.24) is 4.31 Å². The summed E-state index contributed by atoms with van der Waals surface area (Å²) in [5.74, 6) is 0. The van der Waals surface area contributed by atoms with Gasteiger partial charge in [0.05, 0.1) is 16.5 Å². The van der Waals surface area contributed by atoms with E-state index >= 15 is 0 Å². The first-order chi connectivity index (χ1) is 8.54. The summed E-state index contributed by atoms with van der Waals surface area (Å²) in [6.07, 6.45) is 1.38. The summed E-state index contributed by atoms with van der Waals surface area (Å²) in [4.78, 5) is 0.233. The van der Waals surface area contributed by atoms with Crippen LogP contribution in [0.5, 0.6) is 0 Å². The van der Waals surface area contributed by atoms with Crippen LogP contribution in [0.1, 0.15) is 18.4 Å². The summed E-state index contributed by atoms with van der Waals surface area (Å²) in [5, 5.41) is 8.69. The van der Waals surface area contributed by atoms with Crippen LogP contribution >= 0.6 is 0 Å². The van der Waals surface area contributed by atoms with Crippen molar-refractivity contribution in [2.75, 3.05) is 13.1 Å². The third-order valence-electron chi connectivity index (χ3n) is 3.12. The Labute approximate surface area is 107 Å². The average molecular weight is 265 g/mol. The summed E-state index contributed by atoms with van der Waals surface area (Å²) in [5.41, 5.74) is 6.21. The van der Waals surface area contributed by atoms with Crippen LogP contribution in [-0.2, 0) is 10.0 Å². The van der Waals surface area contributed by atoms with Crippen LogP contribution in [0.4, 0.5) is 0 Å². The second-order valence-electron chi connectivity index (χ2n) is 4.38. The Hall–Kier alpha value is -1.42. The van der Waals surface area contributed by atoms with Gasteiger partial charge in [0.25, 0.3) is 0 Å². The van der Waals surface area contributed by atoms with E-state index in [4.69, 9.17) is 11.0 Å². The maximum absolute atomic E-state index is 12.3. The highest BCUT2D eigenvalue weighted by Gasteiger charge is 2.27. The number of piperidine rings is 1. The molecule has 0 radical (unpaired) electrons. The second-order valence-corrected chi connectivity index (χ2v) is 6.32. The Bertz CT molecular complexity index is 552. The zero-order chi connectivity index (χ0) is 13.2. The Balaban J connectivity index is 2.22. The van der Waals surface area contributed by atoms with E-state index in [-0.39, 0.29) is 10.9 Å². The molecule has 0 unspecified atom stereocenters. The summed E-state index contributed by atoms with van der Waals surface area (Å²) in [6, 6.07) is 8.04. The average Bonchev–Trinajstić information content (AvgIpc) is 2.39. The van der Waals surface area contributed by atoms with Crippen molar-refractivity contribution < 1.29 is 8.42 Å². The second kappa shape index (κ2) is 5.06. The predicted molar refractivity (Wildman–Crippen MR) is 67.1 cm³/mol. The molecule has 0 saturated carbocycles. The molecule has 2 N–H and O–H groups in total. The molecule has 1 heterocycles. The van der Waals surface area contributed by atoms with Gasteiger partial charge in [-0.3, -0.25) is 0 Å². The minimum absolute atomic E-state index is 0.0948. The molecule has 96 valence electrons. The molecule has 0 spiro atoms. The topological polar surface area (TPSA) is 87.2 Å². The maximum Gasteiger partial charge on any atom is 0.243 e. The van der Waals surface area contributed by atoms with E-state index in [0.717, 1.165) is 0 Å². The Morgan fingerprint density at radius 2 is 1.78 bits per heavy atom. The molecule has 0 atom stereocenters. The first-order valence-corrected chi connectivity index (χ1v) is 7.24. The molecule has 0 aliphatic carbocycles. The van der Waals surface area contributed by atoms with E-state index in [1.54, 1.807) is 0 Å². The Morgan fingerprint density at radius 3 is 2.28 bits per heavy atom. The number of rotatable bonds is 2. The smallest absolute Gasteiger partial charge is 0.243 e. The first kappa shape index (κ1) is 13.0. The zero-order valence-corrected chi connectivity index (χ0v) is 10.7. The lowest BCUT2D eigenvalue weighted by Gasteiger charge is -2.29. The zero-order valence-electron chi connectivity index (χ0n) is 9.91. The third-order valence-corrected chi connectivity index (χ3v) is 5.03. The van der Waals surface area contributed by atoms with Crippen molar-refractivity contribution in [2.45, 2.75) is 23.8 Å². The van der Waals surface area contributed by atoms with Crippen LogP contribution < -0.4 is 5.73 Å². The molecule has 1 aliphatic rings. The minimum atomic E-state index is -3.44. The van der Waals surface area contributed by atoms with Crippen LogP contribution in [-0.4, -0.2) is 31.9 Å². The number of hydrogen-bond acceptors (Lipinski definition) is 4. The lowest BCUT2D eigenvalue weighted by Crippen LogP contribution is -2.42. The number of benzene rings is 1. The molecular formula is C12H15N3O2S. The standard InChI is InChI=1S/C12H15N3O2S/c13-9-10-1-3-12(4-2-10)18(16,17)15-7-5-11(14)6-8-15/h1-4,11H,5-8,14H2. The molecule has 18 heavy (non-hydrogen) atoms. The summed E-state index contributed by atoms with van der Waals surface area (Å²) < 4.78 is 26.0. The highest BCUT2D eigenvalue weighted by Crippen LogP contribution is 2.20. The number of nitriles is 1. The van der Waals surface area contributed by atoms with Gasteiger partial charge in [-0.25, -0.2) is 8.42 Å².